The van der Waals surface area contributed by atoms with Gasteiger partial charge in [0.15, 0.2) is 0 Å². The fraction of sp³-hybridized carbons (Fsp3) is 0.833. The summed E-state index contributed by atoms with van der Waals surface area (Å²) >= 11 is 0. The Morgan fingerprint density at radius 2 is 2.36 bits per heavy atom. The maximum absolute atomic E-state index is 5.41. The van der Waals surface area contributed by atoms with E-state index in [1.165, 1.54) is 19.3 Å². The molecule has 0 saturated heterocycles. The second-order valence-corrected chi connectivity index (χ2v) is 4.17. The van der Waals surface area contributed by atoms with E-state index in [2.05, 4.69) is 25.2 Å². The molecule has 0 amide bonds. The van der Waals surface area contributed by atoms with E-state index >= 15 is 0 Å². The van der Waals surface area contributed by atoms with Crippen molar-refractivity contribution >= 4 is 0 Å². The first kappa shape index (κ1) is 11.6. The standard InChI is InChI=1S/C12H23NO/c1-3-5-11(2)7-8-13-10-12-6-4-9-14-12/h6,11,13H,3-5,7-10H2,1-2H3. The zero-order valence-corrected chi connectivity index (χ0v) is 9.51. The Labute approximate surface area is 87.7 Å². The minimum absolute atomic E-state index is 0.853. The van der Waals surface area contributed by atoms with Gasteiger partial charge in [0.25, 0.3) is 0 Å². The summed E-state index contributed by atoms with van der Waals surface area (Å²) in [6.45, 7) is 7.49. The summed E-state index contributed by atoms with van der Waals surface area (Å²) < 4.78 is 5.41. The van der Waals surface area contributed by atoms with Crippen LogP contribution in [0, 0.1) is 5.92 Å². The Morgan fingerprint density at radius 1 is 1.50 bits per heavy atom. The summed E-state index contributed by atoms with van der Waals surface area (Å²) in [6.07, 6.45) is 7.20. The molecule has 82 valence electrons. The minimum atomic E-state index is 0.853. The largest absolute Gasteiger partial charge is 0.497 e. The molecule has 1 unspecified atom stereocenters. The SMILES string of the molecule is CCCC(C)CCNCC1=CCCO1. The lowest BCUT2D eigenvalue weighted by Crippen LogP contribution is -2.20. The summed E-state index contributed by atoms with van der Waals surface area (Å²) in [4.78, 5) is 0. The highest BCUT2D eigenvalue weighted by Crippen LogP contribution is 2.09. The molecule has 0 bridgehead atoms. The van der Waals surface area contributed by atoms with Gasteiger partial charge in [-0.3, -0.25) is 0 Å². The van der Waals surface area contributed by atoms with Gasteiger partial charge in [-0.25, -0.2) is 0 Å². The van der Waals surface area contributed by atoms with Crippen molar-refractivity contribution in [3.63, 3.8) is 0 Å². The van der Waals surface area contributed by atoms with Crippen LogP contribution in [0.1, 0.15) is 39.5 Å². The fourth-order valence-electron chi connectivity index (χ4n) is 1.79. The molecular formula is C12H23NO. The summed E-state index contributed by atoms with van der Waals surface area (Å²) in [5.41, 5.74) is 0. The summed E-state index contributed by atoms with van der Waals surface area (Å²) in [5, 5.41) is 3.42. The van der Waals surface area contributed by atoms with E-state index < -0.39 is 0 Å². The molecule has 0 fully saturated rings. The Bertz CT molecular complexity index is 177. The molecular weight excluding hydrogens is 174 g/mol. The molecule has 1 heterocycles. The molecule has 0 aromatic carbocycles. The van der Waals surface area contributed by atoms with Gasteiger partial charge in [-0.05, 0) is 25.0 Å². The van der Waals surface area contributed by atoms with Gasteiger partial charge in [0.2, 0.25) is 0 Å². The van der Waals surface area contributed by atoms with Crippen molar-refractivity contribution in [1.29, 1.82) is 0 Å². The third-order valence-corrected chi connectivity index (χ3v) is 2.67. The second kappa shape index (κ2) is 6.88. The number of hydrogen-bond acceptors (Lipinski definition) is 2. The van der Waals surface area contributed by atoms with Crippen molar-refractivity contribution in [2.45, 2.75) is 39.5 Å². The van der Waals surface area contributed by atoms with Crippen molar-refractivity contribution in [1.82, 2.24) is 5.32 Å². The van der Waals surface area contributed by atoms with Gasteiger partial charge in [-0.2, -0.15) is 0 Å². The smallest absolute Gasteiger partial charge is 0.106 e. The van der Waals surface area contributed by atoms with E-state index in [4.69, 9.17) is 4.74 Å². The Hall–Kier alpha value is -0.500. The van der Waals surface area contributed by atoms with E-state index in [1.807, 2.05) is 0 Å². The predicted octanol–water partition coefficient (Wildman–Crippen LogP) is 2.71. The van der Waals surface area contributed by atoms with Gasteiger partial charge in [0.05, 0.1) is 13.2 Å². The van der Waals surface area contributed by atoms with Crippen LogP contribution in [-0.4, -0.2) is 19.7 Å². The van der Waals surface area contributed by atoms with Gasteiger partial charge in [-0.1, -0.05) is 26.7 Å². The zero-order chi connectivity index (χ0) is 10.2. The monoisotopic (exact) mass is 197 g/mol. The highest BCUT2D eigenvalue weighted by molar-refractivity contribution is 4.99. The van der Waals surface area contributed by atoms with Gasteiger partial charge in [0.1, 0.15) is 5.76 Å². The van der Waals surface area contributed by atoms with E-state index in [1.54, 1.807) is 0 Å². The van der Waals surface area contributed by atoms with Crippen LogP contribution in [0.25, 0.3) is 0 Å². The number of hydrogen-bond donors (Lipinski definition) is 1. The summed E-state index contributed by atoms with van der Waals surface area (Å²) in [6, 6.07) is 0. The number of ether oxygens (including phenoxy) is 1. The predicted molar refractivity (Wildman–Crippen MR) is 60.2 cm³/mol. The third kappa shape index (κ3) is 4.66. The topological polar surface area (TPSA) is 21.3 Å². The van der Waals surface area contributed by atoms with E-state index in [-0.39, 0.29) is 0 Å². The van der Waals surface area contributed by atoms with Crippen LogP contribution >= 0.6 is 0 Å². The molecule has 0 aromatic heterocycles. The van der Waals surface area contributed by atoms with Crippen LogP contribution in [0.4, 0.5) is 0 Å². The molecule has 14 heavy (non-hydrogen) atoms. The normalized spacial score (nSPS) is 17.7. The van der Waals surface area contributed by atoms with E-state index in [0.717, 1.165) is 37.8 Å². The van der Waals surface area contributed by atoms with E-state index in [9.17, 15) is 0 Å². The maximum atomic E-state index is 5.41. The molecule has 1 rings (SSSR count). The molecule has 1 N–H and O–H groups in total. The summed E-state index contributed by atoms with van der Waals surface area (Å²) in [7, 11) is 0. The number of nitrogens with one attached hydrogen (secondary N) is 1. The van der Waals surface area contributed by atoms with Crippen molar-refractivity contribution in [2.24, 2.45) is 5.92 Å². The van der Waals surface area contributed by atoms with Crippen LogP contribution < -0.4 is 5.32 Å². The van der Waals surface area contributed by atoms with Crippen molar-refractivity contribution in [3.8, 4) is 0 Å². The second-order valence-electron chi connectivity index (χ2n) is 4.17. The summed E-state index contributed by atoms with van der Waals surface area (Å²) in [5.74, 6) is 1.99. The van der Waals surface area contributed by atoms with Crippen LogP contribution in [0.5, 0.6) is 0 Å². The third-order valence-electron chi connectivity index (χ3n) is 2.67. The van der Waals surface area contributed by atoms with Gasteiger partial charge in [-0.15, -0.1) is 0 Å². The Morgan fingerprint density at radius 3 is 3.00 bits per heavy atom. The maximum Gasteiger partial charge on any atom is 0.106 e. The first-order chi connectivity index (χ1) is 6.83. The molecule has 2 nitrogen and oxygen atoms in total. The molecule has 0 spiro atoms. The lowest BCUT2D eigenvalue weighted by atomic mass is 10.0. The Balaban J connectivity index is 1.93. The molecule has 1 aliphatic rings. The minimum Gasteiger partial charge on any atom is -0.497 e. The molecule has 0 aromatic rings. The molecule has 0 aliphatic carbocycles. The molecule has 1 atom stereocenters. The van der Waals surface area contributed by atoms with Crippen LogP contribution in [0.15, 0.2) is 11.8 Å². The van der Waals surface area contributed by atoms with Crippen molar-refractivity contribution in [3.05, 3.63) is 11.8 Å². The average molecular weight is 197 g/mol. The number of rotatable bonds is 7. The van der Waals surface area contributed by atoms with Crippen LogP contribution in [0.3, 0.4) is 0 Å². The van der Waals surface area contributed by atoms with Gasteiger partial charge >= 0.3 is 0 Å². The van der Waals surface area contributed by atoms with Crippen molar-refractivity contribution < 1.29 is 4.74 Å². The first-order valence-electron chi connectivity index (χ1n) is 5.85. The van der Waals surface area contributed by atoms with Crippen LogP contribution in [-0.2, 0) is 4.74 Å². The van der Waals surface area contributed by atoms with E-state index in [0.29, 0.717) is 0 Å². The van der Waals surface area contributed by atoms with Gasteiger partial charge < -0.3 is 10.1 Å². The van der Waals surface area contributed by atoms with Gasteiger partial charge in [0, 0.05) is 6.42 Å². The Kier molecular flexibility index (Phi) is 5.69. The fourth-order valence-corrected chi connectivity index (χ4v) is 1.79. The first-order valence-corrected chi connectivity index (χ1v) is 5.85. The van der Waals surface area contributed by atoms with Crippen molar-refractivity contribution in [2.75, 3.05) is 19.7 Å². The molecule has 0 radical (unpaired) electrons. The highest BCUT2D eigenvalue weighted by Gasteiger charge is 2.04. The quantitative estimate of drug-likeness (QED) is 0.634. The molecule has 1 aliphatic heterocycles. The molecule has 2 heteroatoms. The van der Waals surface area contributed by atoms with Crippen LogP contribution in [0.2, 0.25) is 0 Å². The average Bonchev–Trinajstić information content (AvgIpc) is 2.65. The lowest BCUT2D eigenvalue weighted by Gasteiger charge is -2.10. The highest BCUT2D eigenvalue weighted by atomic mass is 16.5. The molecule has 0 saturated carbocycles. The zero-order valence-electron chi connectivity index (χ0n) is 9.51. The lowest BCUT2D eigenvalue weighted by molar-refractivity contribution is 0.236.